The molecule has 0 radical (unpaired) electrons. The van der Waals surface area contributed by atoms with Gasteiger partial charge in [-0.15, -0.1) is 0 Å². The second-order valence-corrected chi connectivity index (χ2v) is 5.23. The lowest BCUT2D eigenvalue weighted by atomic mass is 10.0. The van der Waals surface area contributed by atoms with E-state index in [9.17, 15) is 14.4 Å². The van der Waals surface area contributed by atoms with Gasteiger partial charge < -0.3 is 14.8 Å². The van der Waals surface area contributed by atoms with Gasteiger partial charge in [-0.1, -0.05) is 13.8 Å². The third-order valence-corrected chi connectivity index (χ3v) is 3.71. The Morgan fingerprint density at radius 1 is 1.33 bits per heavy atom. The minimum atomic E-state index is -1.10. The molecular weight excluding hydrogens is 314 g/mol. The maximum atomic E-state index is 12.4. The Hall–Kier alpha value is -2.90. The summed E-state index contributed by atoms with van der Waals surface area (Å²) in [6.45, 7) is 5.26. The lowest BCUT2D eigenvalue weighted by molar-refractivity contribution is 0.0694. The predicted octanol–water partition coefficient (Wildman–Crippen LogP) is 1.42. The van der Waals surface area contributed by atoms with Gasteiger partial charge >= 0.3 is 5.97 Å². The number of H-pyrrole nitrogens is 1. The quantitative estimate of drug-likeness (QED) is 0.734. The van der Waals surface area contributed by atoms with Crippen LogP contribution in [0.15, 0.2) is 15.3 Å². The monoisotopic (exact) mass is 333 g/mol. The highest BCUT2D eigenvalue weighted by Crippen LogP contribution is 2.15. The third-order valence-electron chi connectivity index (χ3n) is 3.71. The Balaban J connectivity index is 2.23. The fourth-order valence-corrected chi connectivity index (χ4v) is 2.54. The number of furan rings is 1. The Labute approximate surface area is 137 Å². The number of hydrogen-bond acceptors (Lipinski definition) is 5. The van der Waals surface area contributed by atoms with E-state index in [0.717, 1.165) is 0 Å². The summed E-state index contributed by atoms with van der Waals surface area (Å²) < 4.78 is 5.30. The number of aryl methyl sites for hydroxylation is 2. The average molecular weight is 333 g/mol. The van der Waals surface area contributed by atoms with Crippen LogP contribution in [0.4, 0.5) is 0 Å². The number of rotatable bonds is 6. The molecule has 2 aromatic heterocycles. The summed E-state index contributed by atoms with van der Waals surface area (Å²) in [5.41, 5.74) is 0.808. The van der Waals surface area contributed by atoms with Crippen LogP contribution in [0.2, 0.25) is 0 Å². The number of carboxylic acid groups (broad SMARTS) is 1. The van der Waals surface area contributed by atoms with Gasteiger partial charge in [-0.25, -0.2) is 9.89 Å². The van der Waals surface area contributed by atoms with Gasteiger partial charge in [0.15, 0.2) is 0 Å². The van der Waals surface area contributed by atoms with Crippen molar-refractivity contribution in [2.75, 3.05) is 0 Å². The number of aromatic nitrogens is 2. The van der Waals surface area contributed by atoms with Crippen LogP contribution in [0, 0.1) is 6.92 Å². The molecule has 0 aliphatic heterocycles. The van der Waals surface area contributed by atoms with Crippen LogP contribution in [0.3, 0.4) is 0 Å². The zero-order chi connectivity index (χ0) is 17.9. The summed E-state index contributed by atoms with van der Waals surface area (Å²) in [6, 6.07) is 1.35. The van der Waals surface area contributed by atoms with Gasteiger partial charge in [0.1, 0.15) is 22.6 Å². The van der Waals surface area contributed by atoms with Crippen molar-refractivity contribution < 1.29 is 19.1 Å². The van der Waals surface area contributed by atoms with Crippen LogP contribution in [0.25, 0.3) is 0 Å². The van der Waals surface area contributed by atoms with Crippen LogP contribution in [-0.4, -0.2) is 27.2 Å². The molecule has 0 fully saturated rings. The molecule has 2 heterocycles. The molecule has 0 atom stereocenters. The second kappa shape index (κ2) is 7.12. The molecule has 3 N–H and O–H groups in total. The summed E-state index contributed by atoms with van der Waals surface area (Å²) >= 11 is 0. The smallest absolute Gasteiger partial charge is 0.339 e. The maximum Gasteiger partial charge on any atom is 0.339 e. The van der Waals surface area contributed by atoms with Crippen molar-refractivity contribution in [2.24, 2.45) is 0 Å². The standard InChI is InChI=1S/C16H19N3O5/c1-4-10-12(5-2)18-19-15(21)13(10)14(20)17-7-9-6-11(16(22)23)8(3)24-9/h6H,4-5,7H2,1-3H3,(H,17,20)(H,19,21)(H,22,23). The van der Waals surface area contributed by atoms with Crippen molar-refractivity contribution in [2.45, 2.75) is 40.2 Å². The van der Waals surface area contributed by atoms with Gasteiger partial charge in [0.2, 0.25) is 0 Å². The molecule has 0 spiro atoms. The molecule has 0 saturated heterocycles. The van der Waals surface area contributed by atoms with Crippen molar-refractivity contribution in [1.82, 2.24) is 15.5 Å². The van der Waals surface area contributed by atoms with Gasteiger partial charge in [-0.05, 0) is 31.4 Å². The minimum Gasteiger partial charge on any atom is -0.478 e. The van der Waals surface area contributed by atoms with Crippen LogP contribution in [0.1, 0.15) is 57.3 Å². The Kier molecular flexibility index (Phi) is 5.18. The number of nitrogens with one attached hydrogen (secondary N) is 2. The van der Waals surface area contributed by atoms with Gasteiger partial charge in [0.25, 0.3) is 11.5 Å². The maximum absolute atomic E-state index is 12.4. The number of nitrogens with zero attached hydrogens (tertiary/aromatic N) is 1. The minimum absolute atomic E-state index is 0.0146. The van der Waals surface area contributed by atoms with Crippen molar-refractivity contribution in [3.8, 4) is 0 Å². The van der Waals surface area contributed by atoms with E-state index in [2.05, 4.69) is 15.5 Å². The molecule has 2 aromatic rings. The summed E-state index contributed by atoms with van der Waals surface area (Å²) in [6.07, 6.45) is 1.10. The highest BCUT2D eigenvalue weighted by molar-refractivity contribution is 5.95. The zero-order valence-electron chi connectivity index (χ0n) is 13.7. The van der Waals surface area contributed by atoms with E-state index >= 15 is 0 Å². The van der Waals surface area contributed by atoms with Crippen molar-refractivity contribution in [3.05, 3.63) is 50.3 Å². The number of hydrogen-bond donors (Lipinski definition) is 3. The summed E-state index contributed by atoms with van der Waals surface area (Å²) in [5, 5.41) is 17.9. The molecule has 8 heteroatoms. The molecule has 0 aliphatic carbocycles. The van der Waals surface area contributed by atoms with Crippen molar-refractivity contribution in [3.63, 3.8) is 0 Å². The first kappa shape index (κ1) is 17.5. The number of carbonyl (C=O) groups is 2. The largest absolute Gasteiger partial charge is 0.478 e. The van der Waals surface area contributed by atoms with E-state index in [1.54, 1.807) is 0 Å². The van der Waals surface area contributed by atoms with Crippen LogP contribution >= 0.6 is 0 Å². The first-order valence-corrected chi connectivity index (χ1v) is 7.60. The van der Waals surface area contributed by atoms with Crippen LogP contribution in [0.5, 0.6) is 0 Å². The van der Waals surface area contributed by atoms with E-state index in [1.165, 1.54) is 13.0 Å². The predicted molar refractivity (Wildman–Crippen MR) is 85.2 cm³/mol. The molecule has 0 aliphatic rings. The van der Waals surface area contributed by atoms with Crippen molar-refractivity contribution in [1.29, 1.82) is 0 Å². The second-order valence-electron chi connectivity index (χ2n) is 5.23. The normalized spacial score (nSPS) is 10.6. The van der Waals surface area contributed by atoms with Gasteiger partial charge in [-0.2, -0.15) is 5.10 Å². The van der Waals surface area contributed by atoms with E-state index in [0.29, 0.717) is 29.9 Å². The Morgan fingerprint density at radius 2 is 2.04 bits per heavy atom. The van der Waals surface area contributed by atoms with Crippen LogP contribution < -0.4 is 10.9 Å². The van der Waals surface area contributed by atoms with E-state index in [-0.39, 0.29) is 23.4 Å². The Bertz CT molecular complexity index is 835. The number of carbonyl (C=O) groups excluding carboxylic acids is 1. The SMILES string of the molecule is CCc1n[nH]c(=O)c(C(=O)NCc2cc(C(=O)O)c(C)o2)c1CC. The molecule has 1 amide bonds. The fraction of sp³-hybridized carbons (Fsp3) is 0.375. The summed E-state index contributed by atoms with van der Waals surface area (Å²) in [5.74, 6) is -1.08. The first-order valence-electron chi connectivity index (χ1n) is 7.60. The van der Waals surface area contributed by atoms with Gasteiger partial charge in [0, 0.05) is 0 Å². The highest BCUT2D eigenvalue weighted by Gasteiger charge is 2.20. The van der Waals surface area contributed by atoms with E-state index in [4.69, 9.17) is 9.52 Å². The zero-order valence-corrected chi connectivity index (χ0v) is 13.7. The molecule has 0 saturated carbocycles. The number of aromatic carboxylic acids is 1. The van der Waals surface area contributed by atoms with E-state index in [1.807, 2.05) is 13.8 Å². The van der Waals surface area contributed by atoms with Crippen molar-refractivity contribution >= 4 is 11.9 Å². The number of aromatic amines is 1. The molecule has 0 unspecified atom stereocenters. The third kappa shape index (κ3) is 3.37. The topological polar surface area (TPSA) is 125 Å². The summed E-state index contributed by atoms with van der Waals surface area (Å²) in [4.78, 5) is 35.4. The van der Waals surface area contributed by atoms with Gasteiger partial charge in [-0.3, -0.25) is 9.59 Å². The fourth-order valence-electron chi connectivity index (χ4n) is 2.54. The lowest BCUT2D eigenvalue weighted by Crippen LogP contribution is -2.32. The lowest BCUT2D eigenvalue weighted by Gasteiger charge is -2.10. The highest BCUT2D eigenvalue weighted by atomic mass is 16.4. The van der Waals surface area contributed by atoms with Crippen LogP contribution in [-0.2, 0) is 19.4 Å². The molecule has 2 rings (SSSR count). The molecule has 0 aromatic carbocycles. The average Bonchev–Trinajstić information content (AvgIpc) is 2.93. The molecule has 128 valence electrons. The number of amides is 1. The first-order chi connectivity index (χ1) is 11.4. The molecule has 8 nitrogen and oxygen atoms in total. The van der Waals surface area contributed by atoms with Gasteiger partial charge in [0.05, 0.1) is 12.2 Å². The van der Waals surface area contributed by atoms with E-state index < -0.39 is 17.4 Å². The number of carboxylic acids is 1. The molecule has 0 bridgehead atoms. The molecular formula is C16H19N3O5. The Morgan fingerprint density at radius 3 is 2.58 bits per heavy atom. The molecule has 24 heavy (non-hydrogen) atoms. The summed E-state index contributed by atoms with van der Waals surface area (Å²) in [7, 11) is 0.